The second-order valence-corrected chi connectivity index (χ2v) is 13.1. The van der Waals surface area contributed by atoms with Gasteiger partial charge in [-0.05, 0) is 47.4 Å². The fraction of sp³-hybridized carbons (Fsp3) is 0.447. The maximum atomic E-state index is 13.2. The van der Waals surface area contributed by atoms with Crippen molar-refractivity contribution >= 4 is 17.9 Å². The van der Waals surface area contributed by atoms with Gasteiger partial charge in [0.1, 0.15) is 17.7 Å². The molecular weight excluding hydrogens is 650 g/mol. The molecule has 272 valence electrons. The number of aromatic amines is 2. The van der Waals surface area contributed by atoms with Gasteiger partial charge in [0, 0.05) is 46.8 Å². The van der Waals surface area contributed by atoms with Crippen molar-refractivity contribution in [3.8, 4) is 33.6 Å². The van der Waals surface area contributed by atoms with Crippen LogP contribution in [-0.2, 0) is 23.8 Å². The molecule has 1 saturated heterocycles. The molecular formula is C38H49N7O6. The Labute approximate surface area is 298 Å². The molecule has 13 nitrogen and oxygen atoms in total. The Morgan fingerprint density at radius 2 is 1.45 bits per heavy atom. The van der Waals surface area contributed by atoms with Crippen LogP contribution in [0.3, 0.4) is 0 Å². The molecule has 0 unspecified atom stereocenters. The van der Waals surface area contributed by atoms with E-state index in [0.29, 0.717) is 31.9 Å². The molecule has 4 N–H and O–H groups in total. The Morgan fingerprint density at radius 1 is 0.843 bits per heavy atom. The number of nitrogens with one attached hydrogen (secondary N) is 4. The van der Waals surface area contributed by atoms with Gasteiger partial charge in [0.05, 0.1) is 43.0 Å². The smallest absolute Gasteiger partial charge is 0.407 e. The predicted molar refractivity (Wildman–Crippen MR) is 193 cm³/mol. The number of H-pyrrole nitrogens is 2. The standard InChI is InChI=1S/C38H49N7O6/c1-24(2)34(44-37(47)29(18-21-50-4)43-38(48)51-5)36-40-23-31(42-36)28-16-12-26(13-17-28)25-10-14-27(15-11-25)30-22-39-35(41-30)32-8-6-19-45(32)33(46)9-7-20-49-3/h10-17,22-24,29,32,34H,6-9,18-21H2,1-5H3,(H,39,41)(H,40,42)(H,43,48)(H,44,47)/t29-,32-,34+/m0/s1. The van der Waals surface area contributed by atoms with E-state index in [1.165, 1.54) is 14.2 Å². The molecule has 5 rings (SSSR count). The molecule has 1 fully saturated rings. The number of rotatable bonds is 16. The van der Waals surface area contributed by atoms with Gasteiger partial charge in [-0.2, -0.15) is 0 Å². The number of alkyl carbamates (subject to hydrolysis) is 1. The molecule has 1 aliphatic heterocycles. The molecule has 2 aromatic carbocycles. The summed E-state index contributed by atoms with van der Waals surface area (Å²) in [5, 5.41) is 5.61. The molecule has 3 amide bonds. The van der Waals surface area contributed by atoms with Gasteiger partial charge >= 0.3 is 6.09 Å². The zero-order valence-corrected chi connectivity index (χ0v) is 30.0. The number of methoxy groups -OCH3 is 3. The first-order chi connectivity index (χ1) is 24.7. The average Bonchev–Trinajstić information content (AvgIpc) is 3.94. The Kier molecular flexibility index (Phi) is 13.0. The number of ether oxygens (including phenoxy) is 3. The van der Waals surface area contributed by atoms with Gasteiger partial charge in [0.15, 0.2) is 0 Å². The molecule has 0 aliphatic carbocycles. The molecule has 2 aromatic heterocycles. The Hall–Kier alpha value is -5.01. The molecule has 1 aliphatic rings. The van der Waals surface area contributed by atoms with Crippen molar-refractivity contribution in [2.75, 3.05) is 41.1 Å². The first-order valence-electron chi connectivity index (χ1n) is 17.5. The lowest BCUT2D eigenvalue weighted by molar-refractivity contribution is -0.132. The quantitative estimate of drug-likeness (QED) is 0.107. The van der Waals surface area contributed by atoms with Gasteiger partial charge in [-0.25, -0.2) is 14.8 Å². The van der Waals surface area contributed by atoms with Gasteiger partial charge in [-0.3, -0.25) is 9.59 Å². The Balaban J connectivity index is 1.23. The van der Waals surface area contributed by atoms with Crippen LogP contribution in [0.1, 0.15) is 69.7 Å². The first kappa shape index (κ1) is 37.3. The van der Waals surface area contributed by atoms with Crippen molar-refractivity contribution in [1.29, 1.82) is 0 Å². The van der Waals surface area contributed by atoms with Gasteiger partial charge in [-0.1, -0.05) is 62.4 Å². The summed E-state index contributed by atoms with van der Waals surface area (Å²) in [5.74, 6) is 1.27. The number of likely N-dealkylation sites (tertiary alicyclic amines) is 1. The van der Waals surface area contributed by atoms with Crippen LogP contribution < -0.4 is 10.6 Å². The number of hydrogen-bond acceptors (Lipinski definition) is 8. The van der Waals surface area contributed by atoms with Crippen LogP contribution in [0, 0.1) is 5.92 Å². The van der Waals surface area contributed by atoms with Crippen molar-refractivity contribution in [3.05, 3.63) is 72.6 Å². The zero-order chi connectivity index (χ0) is 36.3. The summed E-state index contributed by atoms with van der Waals surface area (Å²) in [6.45, 7) is 5.62. The third-order valence-electron chi connectivity index (χ3n) is 9.21. The van der Waals surface area contributed by atoms with Gasteiger partial charge in [-0.15, -0.1) is 0 Å². The number of carbonyl (C=O) groups is 3. The summed E-state index contributed by atoms with van der Waals surface area (Å²) in [6, 6.07) is 15.3. The highest BCUT2D eigenvalue weighted by atomic mass is 16.5. The lowest BCUT2D eigenvalue weighted by Gasteiger charge is -2.24. The van der Waals surface area contributed by atoms with Crippen LogP contribution in [-0.4, -0.2) is 89.9 Å². The minimum absolute atomic E-state index is 0.0192. The summed E-state index contributed by atoms with van der Waals surface area (Å²) in [5.41, 5.74) is 5.86. The fourth-order valence-corrected chi connectivity index (χ4v) is 6.35. The molecule has 0 bridgehead atoms. The van der Waals surface area contributed by atoms with E-state index in [-0.39, 0.29) is 23.8 Å². The van der Waals surface area contributed by atoms with Crippen LogP contribution in [0.2, 0.25) is 0 Å². The maximum absolute atomic E-state index is 13.2. The van der Waals surface area contributed by atoms with Crippen molar-refractivity contribution in [2.24, 2.45) is 5.92 Å². The summed E-state index contributed by atoms with van der Waals surface area (Å²) in [4.78, 5) is 55.9. The average molecular weight is 700 g/mol. The molecule has 13 heteroatoms. The summed E-state index contributed by atoms with van der Waals surface area (Å²) >= 11 is 0. The number of carbonyl (C=O) groups excluding carboxylic acids is 3. The van der Waals surface area contributed by atoms with Crippen LogP contribution in [0.25, 0.3) is 33.6 Å². The Bertz CT molecular complexity index is 1730. The molecule has 0 radical (unpaired) electrons. The second-order valence-electron chi connectivity index (χ2n) is 13.1. The lowest BCUT2D eigenvalue weighted by Crippen LogP contribution is -2.49. The number of hydrogen-bond donors (Lipinski definition) is 4. The molecule has 51 heavy (non-hydrogen) atoms. The largest absolute Gasteiger partial charge is 0.453 e. The highest BCUT2D eigenvalue weighted by Crippen LogP contribution is 2.33. The Morgan fingerprint density at radius 3 is 2.06 bits per heavy atom. The number of amides is 3. The summed E-state index contributed by atoms with van der Waals surface area (Å²) in [7, 11) is 4.45. The van der Waals surface area contributed by atoms with E-state index < -0.39 is 18.2 Å². The van der Waals surface area contributed by atoms with E-state index in [1.54, 1.807) is 13.3 Å². The number of aromatic nitrogens is 4. The topological polar surface area (TPSA) is 164 Å². The highest BCUT2D eigenvalue weighted by molar-refractivity contribution is 5.86. The first-order valence-corrected chi connectivity index (χ1v) is 17.5. The van der Waals surface area contributed by atoms with Crippen LogP contribution in [0.5, 0.6) is 0 Å². The van der Waals surface area contributed by atoms with E-state index in [0.717, 1.165) is 65.3 Å². The predicted octanol–water partition coefficient (Wildman–Crippen LogP) is 5.80. The van der Waals surface area contributed by atoms with E-state index in [9.17, 15) is 14.4 Å². The van der Waals surface area contributed by atoms with Crippen molar-refractivity contribution < 1.29 is 28.6 Å². The number of benzene rings is 2. The van der Waals surface area contributed by atoms with Gasteiger partial charge in [0.2, 0.25) is 11.8 Å². The summed E-state index contributed by atoms with van der Waals surface area (Å²) < 4.78 is 14.9. The minimum Gasteiger partial charge on any atom is -0.453 e. The van der Waals surface area contributed by atoms with Crippen LogP contribution in [0.15, 0.2) is 60.9 Å². The highest BCUT2D eigenvalue weighted by Gasteiger charge is 2.32. The normalized spacial score (nSPS) is 15.5. The fourth-order valence-electron chi connectivity index (χ4n) is 6.35. The molecule has 3 atom stereocenters. The molecule has 0 spiro atoms. The third kappa shape index (κ3) is 9.41. The second kappa shape index (κ2) is 17.8. The van der Waals surface area contributed by atoms with Gasteiger partial charge < -0.3 is 39.7 Å². The summed E-state index contributed by atoms with van der Waals surface area (Å²) in [6.07, 6.45) is 6.29. The maximum Gasteiger partial charge on any atom is 0.407 e. The molecule has 0 saturated carbocycles. The van der Waals surface area contributed by atoms with Crippen LogP contribution in [0.4, 0.5) is 4.79 Å². The zero-order valence-electron chi connectivity index (χ0n) is 30.0. The number of nitrogens with zero attached hydrogens (tertiary/aromatic N) is 3. The van der Waals surface area contributed by atoms with Crippen molar-refractivity contribution in [3.63, 3.8) is 0 Å². The SMILES string of the molecule is COCCCC(=O)N1CCC[C@H]1c1ncc(-c2ccc(-c3ccc(-c4cnc([C@H](NC(=O)[C@H](CCOC)NC(=O)OC)C(C)C)[nH]4)cc3)cc2)[nH]1. The minimum atomic E-state index is -0.817. The molecule has 4 aromatic rings. The number of imidazole rings is 2. The van der Waals surface area contributed by atoms with E-state index >= 15 is 0 Å². The van der Waals surface area contributed by atoms with Crippen molar-refractivity contribution in [1.82, 2.24) is 35.5 Å². The monoisotopic (exact) mass is 699 g/mol. The van der Waals surface area contributed by atoms with E-state index in [2.05, 4.69) is 67.0 Å². The van der Waals surface area contributed by atoms with Gasteiger partial charge in [0.25, 0.3) is 0 Å². The molecule has 3 heterocycles. The van der Waals surface area contributed by atoms with Crippen molar-refractivity contribution in [2.45, 2.75) is 64.1 Å². The van der Waals surface area contributed by atoms with E-state index in [4.69, 9.17) is 14.2 Å². The lowest BCUT2D eigenvalue weighted by atomic mass is 10.0. The third-order valence-corrected chi connectivity index (χ3v) is 9.21. The van der Waals surface area contributed by atoms with E-state index in [1.807, 2.05) is 37.1 Å². The van der Waals surface area contributed by atoms with Crippen LogP contribution >= 0.6 is 0 Å².